The topological polar surface area (TPSA) is 49.4 Å². The van der Waals surface area contributed by atoms with Gasteiger partial charge in [0.1, 0.15) is 0 Å². The molecule has 17 heavy (non-hydrogen) atoms. The van der Waals surface area contributed by atoms with Gasteiger partial charge in [-0.15, -0.1) is 0 Å². The van der Waals surface area contributed by atoms with E-state index in [-0.39, 0.29) is 6.42 Å². The zero-order valence-electron chi connectivity index (χ0n) is 9.46. The minimum absolute atomic E-state index is 0.342. The molecule has 1 N–H and O–H groups in total. The molecule has 1 aliphatic rings. The van der Waals surface area contributed by atoms with Crippen molar-refractivity contribution in [3.8, 4) is 0 Å². The first-order chi connectivity index (χ1) is 7.81. The molecule has 8 heteroatoms. The Kier molecular flexibility index (Phi) is 5.21. The molecule has 0 aromatic heterocycles. The first kappa shape index (κ1) is 14.7. The third-order valence-corrected chi connectivity index (χ3v) is 4.51. The van der Waals surface area contributed by atoms with Gasteiger partial charge in [0.25, 0.3) is 0 Å². The fourth-order valence-electron chi connectivity index (χ4n) is 1.68. The fourth-order valence-corrected chi connectivity index (χ4v) is 3.23. The second-order valence-electron chi connectivity index (χ2n) is 4.04. The van der Waals surface area contributed by atoms with Crippen LogP contribution in [0.1, 0.15) is 19.3 Å². The Hall–Kier alpha value is -0.340. The van der Waals surface area contributed by atoms with E-state index in [0.717, 1.165) is 6.54 Å². The summed E-state index contributed by atoms with van der Waals surface area (Å²) < 4.78 is 60.6. The van der Waals surface area contributed by atoms with Crippen LogP contribution in [0.5, 0.6) is 0 Å². The zero-order valence-corrected chi connectivity index (χ0v) is 10.3. The number of hydrogen-bond donors (Lipinski definition) is 1. The summed E-state index contributed by atoms with van der Waals surface area (Å²) in [6, 6.07) is 0. The van der Waals surface area contributed by atoms with Gasteiger partial charge in [-0.05, 0) is 19.4 Å². The van der Waals surface area contributed by atoms with Gasteiger partial charge < -0.3 is 5.32 Å². The molecule has 102 valence electrons. The van der Waals surface area contributed by atoms with E-state index >= 15 is 0 Å². The molecule has 4 nitrogen and oxygen atoms in total. The van der Waals surface area contributed by atoms with Crippen LogP contribution in [-0.4, -0.2) is 50.8 Å². The minimum atomic E-state index is -4.28. The summed E-state index contributed by atoms with van der Waals surface area (Å²) in [5, 5.41) is 3.04. The van der Waals surface area contributed by atoms with E-state index in [1.54, 1.807) is 0 Å². The highest BCUT2D eigenvalue weighted by molar-refractivity contribution is 7.89. The maximum Gasteiger partial charge on any atom is 0.389 e. The van der Waals surface area contributed by atoms with Gasteiger partial charge in [0.05, 0.1) is 5.75 Å². The van der Waals surface area contributed by atoms with Gasteiger partial charge in [0, 0.05) is 26.1 Å². The predicted molar refractivity (Wildman–Crippen MR) is 58.1 cm³/mol. The molecule has 1 rings (SSSR count). The summed E-state index contributed by atoms with van der Waals surface area (Å²) in [4.78, 5) is 0. The minimum Gasteiger partial charge on any atom is -0.315 e. The van der Waals surface area contributed by atoms with Gasteiger partial charge in [0.2, 0.25) is 10.0 Å². The lowest BCUT2D eigenvalue weighted by Crippen LogP contribution is -2.36. The first-order valence-electron chi connectivity index (χ1n) is 5.56. The summed E-state index contributed by atoms with van der Waals surface area (Å²) in [6.07, 6.45) is -5.00. The van der Waals surface area contributed by atoms with Crippen LogP contribution in [0.2, 0.25) is 0 Å². The van der Waals surface area contributed by atoms with Crippen molar-refractivity contribution in [2.24, 2.45) is 0 Å². The van der Waals surface area contributed by atoms with E-state index < -0.39 is 28.4 Å². The molecular weight excluding hydrogens is 257 g/mol. The standard InChI is InChI=1S/C9H17F3N2O2S/c10-9(11,12)3-1-8-17(15,16)14-6-2-4-13-5-7-14/h13H,1-8H2. The second-order valence-corrected chi connectivity index (χ2v) is 6.13. The quantitative estimate of drug-likeness (QED) is 0.830. The van der Waals surface area contributed by atoms with Crippen molar-refractivity contribution in [1.29, 1.82) is 0 Å². The Morgan fingerprint density at radius 2 is 1.88 bits per heavy atom. The Balaban J connectivity index is 2.44. The largest absolute Gasteiger partial charge is 0.389 e. The molecule has 0 spiro atoms. The van der Waals surface area contributed by atoms with Crippen LogP contribution in [-0.2, 0) is 10.0 Å². The summed E-state index contributed by atoms with van der Waals surface area (Å²) in [5.74, 6) is -0.424. The van der Waals surface area contributed by atoms with Gasteiger partial charge in [-0.25, -0.2) is 12.7 Å². The van der Waals surface area contributed by atoms with Gasteiger partial charge >= 0.3 is 6.18 Å². The third-order valence-electron chi connectivity index (χ3n) is 2.55. The Labute approximate surface area is 99.2 Å². The van der Waals surface area contributed by atoms with Crippen molar-refractivity contribution in [1.82, 2.24) is 9.62 Å². The highest BCUT2D eigenvalue weighted by Crippen LogP contribution is 2.22. The Bertz CT molecular complexity index is 322. The number of alkyl halides is 3. The molecule has 0 amide bonds. The predicted octanol–water partition coefficient (Wildman–Crippen LogP) is 0.954. The van der Waals surface area contributed by atoms with Gasteiger partial charge in [-0.3, -0.25) is 0 Å². The number of rotatable bonds is 4. The zero-order chi connectivity index (χ0) is 12.9. The van der Waals surface area contributed by atoms with E-state index in [4.69, 9.17) is 0 Å². The van der Waals surface area contributed by atoms with E-state index in [1.807, 2.05) is 0 Å². The average Bonchev–Trinajstić information content (AvgIpc) is 2.43. The van der Waals surface area contributed by atoms with Crippen molar-refractivity contribution in [2.75, 3.05) is 31.9 Å². The summed E-state index contributed by atoms with van der Waals surface area (Å²) >= 11 is 0. The molecule has 0 aromatic carbocycles. The summed E-state index contributed by atoms with van der Waals surface area (Å²) in [5.41, 5.74) is 0. The summed E-state index contributed by atoms with van der Waals surface area (Å²) in [7, 11) is -3.54. The van der Waals surface area contributed by atoms with E-state index in [1.165, 1.54) is 4.31 Å². The van der Waals surface area contributed by atoms with E-state index in [2.05, 4.69) is 5.32 Å². The molecule has 1 fully saturated rings. The highest BCUT2D eigenvalue weighted by atomic mass is 32.2. The maximum atomic E-state index is 11.9. The van der Waals surface area contributed by atoms with E-state index in [0.29, 0.717) is 26.1 Å². The number of nitrogens with zero attached hydrogens (tertiary/aromatic N) is 1. The number of nitrogens with one attached hydrogen (secondary N) is 1. The second kappa shape index (κ2) is 6.01. The molecule has 0 aromatic rings. The maximum absolute atomic E-state index is 11.9. The number of sulfonamides is 1. The van der Waals surface area contributed by atoms with Gasteiger partial charge in [-0.1, -0.05) is 0 Å². The van der Waals surface area contributed by atoms with Gasteiger partial charge in [-0.2, -0.15) is 13.2 Å². The summed E-state index contributed by atoms with van der Waals surface area (Å²) in [6.45, 7) is 2.03. The molecule has 1 aliphatic heterocycles. The molecular formula is C9H17F3N2O2S. The molecule has 0 aliphatic carbocycles. The van der Waals surface area contributed by atoms with Crippen LogP contribution < -0.4 is 5.32 Å². The normalized spacial score (nSPS) is 20.2. The van der Waals surface area contributed by atoms with Crippen molar-refractivity contribution < 1.29 is 21.6 Å². The van der Waals surface area contributed by atoms with Crippen LogP contribution in [0.4, 0.5) is 13.2 Å². The molecule has 0 saturated carbocycles. The Morgan fingerprint density at radius 1 is 1.18 bits per heavy atom. The van der Waals surface area contributed by atoms with Crippen LogP contribution in [0.3, 0.4) is 0 Å². The van der Waals surface area contributed by atoms with Gasteiger partial charge in [0.15, 0.2) is 0 Å². The lowest BCUT2D eigenvalue weighted by Gasteiger charge is -2.19. The van der Waals surface area contributed by atoms with Crippen molar-refractivity contribution in [2.45, 2.75) is 25.4 Å². The molecule has 1 heterocycles. The van der Waals surface area contributed by atoms with Crippen molar-refractivity contribution in [3.05, 3.63) is 0 Å². The molecule has 0 radical (unpaired) electrons. The average molecular weight is 274 g/mol. The smallest absolute Gasteiger partial charge is 0.315 e. The molecule has 1 saturated heterocycles. The monoisotopic (exact) mass is 274 g/mol. The lowest BCUT2D eigenvalue weighted by molar-refractivity contribution is -0.134. The molecule has 0 atom stereocenters. The molecule has 0 unspecified atom stereocenters. The molecule has 0 bridgehead atoms. The fraction of sp³-hybridized carbons (Fsp3) is 1.00. The van der Waals surface area contributed by atoms with Crippen LogP contribution >= 0.6 is 0 Å². The highest BCUT2D eigenvalue weighted by Gasteiger charge is 2.29. The SMILES string of the molecule is O=S(=O)(CCCC(F)(F)F)N1CCCNCC1. The first-order valence-corrected chi connectivity index (χ1v) is 7.17. The van der Waals surface area contributed by atoms with Crippen molar-refractivity contribution in [3.63, 3.8) is 0 Å². The van der Waals surface area contributed by atoms with E-state index in [9.17, 15) is 21.6 Å². The lowest BCUT2D eigenvalue weighted by atomic mass is 10.3. The van der Waals surface area contributed by atoms with Crippen LogP contribution in [0.15, 0.2) is 0 Å². The van der Waals surface area contributed by atoms with Crippen LogP contribution in [0.25, 0.3) is 0 Å². The van der Waals surface area contributed by atoms with Crippen molar-refractivity contribution >= 4 is 10.0 Å². The van der Waals surface area contributed by atoms with Crippen LogP contribution in [0, 0.1) is 0 Å². The number of hydrogen-bond acceptors (Lipinski definition) is 3. The third kappa shape index (κ3) is 5.69. The Morgan fingerprint density at radius 3 is 2.53 bits per heavy atom. The number of halogens is 3.